The molecule has 0 amide bonds. The Morgan fingerprint density at radius 1 is 1.32 bits per heavy atom. The van der Waals surface area contributed by atoms with Gasteiger partial charge in [-0.05, 0) is 61.2 Å². The van der Waals surface area contributed by atoms with E-state index in [0.29, 0.717) is 47.0 Å². The van der Waals surface area contributed by atoms with Crippen molar-refractivity contribution in [2.45, 2.75) is 57.9 Å². The van der Waals surface area contributed by atoms with Crippen LogP contribution in [0.25, 0.3) is 22.3 Å². The van der Waals surface area contributed by atoms with Crippen molar-refractivity contribution >= 4 is 34.2 Å². The summed E-state index contributed by atoms with van der Waals surface area (Å²) in [6.07, 6.45) is 1.31. The molecule has 1 aliphatic carbocycles. The van der Waals surface area contributed by atoms with Crippen molar-refractivity contribution < 1.29 is 24.1 Å². The number of carbonyl (C=O) groups excluding carboxylic acids is 1. The van der Waals surface area contributed by atoms with Crippen LogP contribution in [0.4, 0.5) is 4.39 Å². The van der Waals surface area contributed by atoms with E-state index in [1.807, 2.05) is 0 Å². The third-order valence-electron chi connectivity index (χ3n) is 8.08. The Morgan fingerprint density at radius 2 is 2.11 bits per heavy atom. The topological polar surface area (TPSA) is 126 Å². The lowest BCUT2D eigenvalue weighted by Crippen LogP contribution is -2.44. The monoisotopic (exact) mass is 538 g/mol. The van der Waals surface area contributed by atoms with Crippen molar-refractivity contribution in [2.75, 3.05) is 13.2 Å². The van der Waals surface area contributed by atoms with Crippen LogP contribution in [0.3, 0.4) is 0 Å². The molecule has 6 rings (SSSR count). The lowest BCUT2D eigenvalue weighted by atomic mass is 9.81. The number of benzene rings is 1. The molecule has 0 bridgehead atoms. The van der Waals surface area contributed by atoms with Gasteiger partial charge in [-0.1, -0.05) is 6.92 Å². The maximum Gasteiger partial charge on any atom is 0.343 e. The Morgan fingerprint density at radius 3 is 2.84 bits per heavy atom. The van der Waals surface area contributed by atoms with Crippen LogP contribution < -0.4 is 16.2 Å². The lowest BCUT2D eigenvalue weighted by molar-refractivity contribution is -0.172. The molecule has 0 radical (unpaired) electrons. The second-order valence-electron chi connectivity index (χ2n) is 10.0. The molecule has 9 nitrogen and oxygen atoms in total. The largest absolute Gasteiger partial charge is 0.458 e. The van der Waals surface area contributed by atoms with Crippen LogP contribution >= 0.6 is 12.2 Å². The first kappa shape index (κ1) is 24.9. The van der Waals surface area contributed by atoms with Gasteiger partial charge in [-0.15, -0.1) is 0 Å². The lowest BCUT2D eigenvalue weighted by Gasteiger charge is -2.31. The predicted octanol–water partition coefficient (Wildman–Crippen LogP) is 1.97. The summed E-state index contributed by atoms with van der Waals surface area (Å²) in [5.74, 6) is -1.13. The van der Waals surface area contributed by atoms with Crippen molar-refractivity contribution in [3.8, 4) is 11.4 Å². The van der Waals surface area contributed by atoms with Crippen molar-refractivity contribution in [1.29, 1.82) is 0 Å². The molecule has 11 heteroatoms. The zero-order valence-electron chi connectivity index (χ0n) is 21.0. The standard InChI is InChI=1S/C27H27FN4O5S/c1-3-27(36)16-8-20-23-14(10-32(20)24(34)15(16)11-37-25(27)35)22-18(31-26(38)29-6-7-33)5-4-13-12(2)17(28)9-19(30-23)21(13)22/h8-9,18,33,36H,3-7,10-11H2,1-2H3,(H2,29,31,38)/t18-,27-/m0/s1. The number of nitrogens with one attached hydrogen (secondary N) is 2. The number of cyclic esters (lactones) is 1. The van der Waals surface area contributed by atoms with Crippen LogP contribution in [0.5, 0.6) is 0 Å². The molecular formula is C27H27FN4O5S. The minimum absolute atomic E-state index is 0.0448. The van der Waals surface area contributed by atoms with Crippen LogP contribution in [0, 0.1) is 12.7 Å². The summed E-state index contributed by atoms with van der Waals surface area (Å²) in [5.41, 5.74) is 2.84. The van der Waals surface area contributed by atoms with Gasteiger partial charge in [0.1, 0.15) is 12.4 Å². The van der Waals surface area contributed by atoms with E-state index in [1.54, 1.807) is 24.5 Å². The number of aliphatic hydroxyl groups excluding tert-OH is 1. The molecule has 3 aromatic rings. The molecule has 0 saturated carbocycles. The summed E-state index contributed by atoms with van der Waals surface area (Å²) in [6.45, 7) is 3.68. The maximum atomic E-state index is 15.0. The molecule has 0 saturated heterocycles. The number of hydrogen-bond donors (Lipinski definition) is 4. The van der Waals surface area contributed by atoms with Gasteiger partial charge in [0, 0.05) is 29.1 Å². The number of ether oxygens (including phenoxy) is 1. The molecular weight excluding hydrogens is 511 g/mol. The summed E-state index contributed by atoms with van der Waals surface area (Å²) in [5, 5.41) is 27.9. The first-order valence-electron chi connectivity index (χ1n) is 12.7. The van der Waals surface area contributed by atoms with E-state index in [-0.39, 0.29) is 54.7 Å². The number of nitrogens with zero attached hydrogens (tertiary/aromatic N) is 2. The molecule has 198 valence electrons. The Hall–Kier alpha value is -3.41. The summed E-state index contributed by atoms with van der Waals surface area (Å²) < 4.78 is 21.7. The van der Waals surface area contributed by atoms with Gasteiger partial charge in [-0.2, -0.15) is 0 Å². The van der Waals surface area contributed by atoms with Gasteiger partial charge in [0.15, 0.2) is 10.7 Å². The van der Waals surface area contributed by atoms with Gasteiger partial charge < -0.3 is 30.2 Å². The fourth-order valence-corrected chi connectivity index (χ4v) is 6.32. The number of fused-ring (bicyclic) bond motifs is 5. The van der Waals surface area contributed by atoms with Crippen LogP contribution in [-0.2, 0) is 34.7 Å². The van der Waals surface area contributed by atoms with Crippen molar-refractivity contribution in [3.05, 3.63) is 61.7 Å². The van der Waals surface area contributed by atoms with E-state index in [9.17, 15) is 24.2 Å². The van der Waals surface area contributed by atoms with E-state index in [4.69, 9.17) is 21.9 Å². The van der Waals surface area contributed by atoms with Crippen LogP contribution in [0.15, 0.2) is 16.9 Å². The fraction of sp³-hybridized carbons (Fsp3) is 0.407. The molecule has 0 spiro atoms. The highest BCUT2D eigenvalue weighted by molar-refractivity contribution is 7.80. The summed E-state index contributed by atoms with van der Waals surface area (Å²) in [7, 11) is 0. The Balaban J connectivity index is 1.60. The van der Waals surface area contributed by atoms with Gasteiger partial charge in [0.25, 0.3) is 5.56 Å². The molecule has 38 heavy (non-hydrogen) atoms. The van der Waals surface area contributed by atoms with Crippen molar-refractivity contribution in [2.24, 2.45) is 0 Å². The predicted molar refractivity (Wildman–Crippen MR) is 141 cm³/mol. The molecule has 1 aromatic carbocycles. The summed E-state index contributed by atoms with van der Waals surface area (Å²) in [4.78, 5) is 31.0. The minimum atomic E-state index is -1.93. The van der Waals surface area contributed by atoms with Gasteiger partial charge in [0.2, 0.25) is 0 Å². The number of aromatic nitrogens is 2. The molecule has 0 unspecified atom stereocenters. The second kappa shape index (κ2) is 8.82. The third kappa shape index (κ3) is 3.41. The van der Waals surface area contributed by atoms with Gasteiger partial charge in [0.05, 0.1) is 41.7 Å². The molecule has 4 heterocycles. The SMILES string of the molecule is CC[C@@]1(O)C(=O)OCc2c1cc1n(c2=O)Cc2c-1nc1cc(F)c(C)c3c1c2[C@@H](NC(=S)NCCO)CC3. The highest BCUT2D eigenvalue weighted by Crippen LogP contribution is 2.45. The number of esters is 1. The first-order valence-corrected chi connectivity index (χ1v) is 13.1. The number of halogens is 1. The Labute approximate surface area is 222 Å². The Kier molecular flexibility index (Phi) is 5.78. The third-order valence-corrected chi connectivity index (χ3v) is 8.34. The smallest absolute Gasteiger partial charge is 0.343 e. The maximum absolute atomic E-state index is 15.0. The number of carbonyl (C=O) groups is 1. The van der Waals surface area contributed by atoms with Crippen LogP contribution in [-0.4, -0.2) is 44.0 Å². The number of aryl methyl sites for hydroxylation is 1. The average Bonchev–Trinajstić information content (AvgIpc) is 3.27. The summed E-state index contributed by atoms with van der Waals surface area (Å²) in [6, 6.07) is 2.84. The van der Waals surface area contributed by atoms with E-state index in [2.05, 4.69) is 10.6 Å². The molecule has 2 aromatic heterocycles. The van der Waals surface area contributed by atoms with Crippen molar-refractivity contribution in [3.63, 3.8) is 0 Å². The van der Waals surface area contributed by atoms with E-state index >= 15 is 0 Å². The highest BCUT2D eigenvalue weighted by Gasteiger charge is 2.46. The van der Waals surface area contributed by atoms with Crippen LogP contribution in [0.1, 0.15) is 59.2 Å². The van der Waals surface area contributed by atoms with E-state index in [1.165, 1.54) is 6.07 Å². The molecule has 3 aliphatic rings. The zero-order valence-corrected chi connectivity index (χ0v) is 21.8. The molecule has 0 fully saturated rings. The normalized spacial score (nSPS) is 21.0. The second-order valence-corrected chi connectivity index (χ2v) is 10.4. The van der Waals surface area contributed by atoms with Gasteiger partial charge >= 0.3 is 5.97 Å². The number of pyridine rings is 2. The number of rotatable bonds is 4. The number of thiocarbonyl (C=S) groups is 1. The van der Waals surface area contributed by atoms with E-state index < -0.39 is 11.6 Å². The van der Waals surface area contributed by atoms with E-state index in [0.717, 1.165) is 22.1 Å². The van der Waals surface area contributed by atoms with Crippen LogP contribution in [0.2, 0.25) is 0 Å². The number of hydrogen-bond acceptors (Lipinski definition) is 7. The molecule has 4 N–H and O–H groups in total. The average molecular weight is 539 g/mol. The quantitative estimate of drug-likeness (QED) is 0.228. The zero-order chi connectivity index (χ0) is 26.9. The Bertz CT molecular complexity index is 1620. The highest BCUT2D eigenvalue weighted by atomic mass is 32.1. The number of aliphatic hydroxyl groups is 2. The first-order chi connectivity index (χ1) is 18.2. The summed E-state index contributed by atoms with van der Waals surface area (Å²) >= 11 is 5.45. The minimum Gasteiger partial charge on any atom is -0.458 e. The van der Waals surface area contributed by atoms with Crippen molar-refractivity contribution in [1.82, 2.24) is 20.2 Å². The molecule has 2 atom stereocenters. The van der Waals surface area contributed by atoms with Gasteiger partial charge in [-0.25, -0.2) is 14.2 Å². The molecule has 2 aliphatic heterocycles. The fourth-order valence-electron chi connectivity index (χ4n) is 6.08. The van der Waals surface area contributed by atoms with Gasteiger partial charge in [-0.3, -0.25) is 4.79 Å².